The van der Waals surface area contributed by atoms with Gasteiger partial charge >= 0.3 is 12.2 Å². The van der Waals surface area contributed by atoms with E-state index in [0.29, 0.717) is 0 Å². The Morgan fingerprint density at radius 2 is 1.50 bits per heavy atom. The lowest BCUT2D eigenvalue weighted by molar-refractivity contribution is -0.384. The molecule has 30 heavy (non-hydrogen) atoms. The van der Waals surface area contributed by atoms with E-state index in [2.05, 4.69) is 0 Å². The van der Waals surface area contributed by atoms with Gasteiger partial charge in [0.1, 0.15) is 0 Å². The number of carbonyl (C=O) groups is 1. The Labute approximate surface area is 168 Å². The van der Waals surface area contributed by atoms with Crippen LogP contribution in [0.2, 0.25) is 0 Å². The number of non-ortho nitro benzene ring substituents is 1. The average Bonchev–Trinajstić information content (AvgIpc) is 3.09. The van der Waals surface area contributed by atoms with Crippen molar-refractivity contribution < 1.29 is 31.3 Å². The van der Waals surface area contributed by atoms with Crippen molar-refractivity contribution in [2.24, 2.45) is 0 Å². The van der Waals surface area contributed by atoms with Crippen LogP contribution >= 0.6 is 0 Å². The number of benzene rings is 2. The van der Waals surface area contributed by atoms with Gasteiger partial charge in [-0.1, -0.05) is 12.1 Å². The molecule has 4 rings (SSSR count). The highest BCUT2D eigenvalue weighted by molar-refractivity contribution is 7.91. The predicted molar refractivity (Wildman–Crippen MR) is 101 cm³/mol. The molecule has 2 heterocycles. The zero-order valence-electron chi connectivity index (χ0n) is 15.1. The molecule has 2 aliphatic rings. The van der Waals surface area contributed by atoms with E-state index in [-0.39, 0.29) is 22.8 Å². The van der Waals surface area contributed by atoms with E-state index in [9.17, 15) is 36.5 Å². The highest BCUT2D eigenvalue weighted by Gasteiger charge is 2.54. The summed E-state index contributed by atoms with van der Waals surface area (Å²) in [6.45, 7) is 0. The lowest BCUT2D eigenvalue weighted by atomic mass is 10.1. The molecule has 0 aliphatic carbocycles. The number of anilines is 2. The average molecular weight is 441 g/mol. The van der Waals surface area contributed by atoms with E-state index in [4.69, 9.17) is 0 Å². The third-order valence-electron chi connectivity index (χ3n) is 5.14. The fraction of sp³-hybridized carbons (Fsp3) is 0.278. The van der Waals surface area contributed by atoms with Crippen LogP contribution in [-0.2, 0) is 16.0 Å². The molecule has 8 nitrogen and oxygen atoms in total. The summed E-state index contributed by atoms with van der Waals surface area (Å²) in [6.07, 6.45) is -4.64. The molecule has 158 valence electrons. The Kier molecular flexibility index (Phi) is 4.49. The van der Waals surface area contributed by atoms with E-state index in [1.807, 2.05) is 0 Å². The van der Waals surface area contributed by atoms with Gasteiger partial charge < -0.3 is 0 Å². The number of carbonyl (C=O) groups excluding carboxylic acids is 1. The van der Waals surface area contributed by atoms with Crippen LogP contribution in [-0.4, -0.2) is 43.0 Å². The van der Waals surface area contributed by atoms with Crippen LogP contribution in [0.15, 0.2) is 48.5 Å². The molecule has 0 aromatic heterocycles. The van der Waals surface area contributed by atoms with Gasteiger partial charge in [-0.05, 0) is 24.3 Å². The summed E-state index contributed by atoms with van der Waals surface area (Å²) >= 11 is 0. The number of amides is 2. The smallest absolute Gasteiger partial charge is 0.288 e. The van der Waals surface area contributed by atoms with Crippen molar-refractivity contribution in [3.63, 3.8) is 0 Å². The molecule has 2 amide bonds. The number of urea groups is 1. The second-order valence-corrected chi connectivity index (χ2v) is 9.21. The van der Waals surface area contributed by atoms with E-state index in [1.54, 1.807) is 0 Å². The largest absolute Gasteiger partial charge is 0.416 e. The molecular formula is C18H14F3N3O5S. The van der Waals surface area contributed by atoms with Gasteiger partial charge in [-0.25, -0.2) is 13.2 Å². The molecule has 2 aromatic carbocycles. The van der Waals surface area contributed by atoms with Crippen molar-refractivity contribution in [3.05, 3.63) is 64.2 Å². The zero-order valence-corrected chi connectivity index (χ0v) is 15.9. The molecule has 0 bridgehead atoms. The number of nitro groups is 1. The quantitative estimate of drug-likeness (QED) is 0.414. The van der Waals surface area contributed by atoms with Crippen LogP contribution in [0.3, 0.4) is 0 Å². The van der Waals surface area contributed by atoms with E-state index in [0.717, 1.165) is 34.1 Å². The second kappa shape index (κ2) is 6.69. The first-order valence-corrected chi connectivity index (χ1v) is 10.5. The third kappa shape index (κ3) is 3.36. The summed E-state index contributed by atoms with van der Waals surface area (Å²) in [5.74, 6) is -0.799. The first kappa shape index (κ1) is 20.1. The van der Waals surface area contributed by atoms with Crippen molar-refractivity contribution in [2.75, 3.05) is 21.3 Å². The van der Waals surface area contributed by atoms with Gasteiger partial charge in [-0.3, -0.25) is 19.9 Å². The molecule has 0 saturated carbocycles. The summed E-state index contributed by atoms with van der Waals surface area (Å²) < 4.78 is 63.9. The van der Waals surface area contributed by atoms with Gasteiger partial charge in [-0.2, -0.15) is 13.2 Å². The number of fused-ring (bicyclic) bond motifs is 1. The maximum absolute atomic E-state index is 13.2. The summed E-state index contributed by atoms with van der Waals surface area (Å²) in [5, 5.41) is 11.1. The van der Waals surface area contributed by atoms with Crippen LogP contribution in [0.5, 0.6) is 0 Å². The zero-order chi connectivity index (χ0) is 21.8. The predicted octanol–water partition coefficient (Wildman–Crippen LogP) is 3.23. The van der Waals surface area contributed by atoms with Crippen molar-refractivity contribution in [1.29, 1.82) is 0 Å². The van der Waals surface area contributed by atoms with Crippen LogP contribution in [0.25, 0.3) is 0 Å². The van der Waals surface area contributed by atoms with Crippen molar-refractivity contribution in [1.82, 2.24) is 0 Å². The van der Waals surface area contributed by atoms with E-state index in [1.165, 1.54) is 24.3 Å². The molecule has 2 aliphatic heterocycles. The Bertz CT molecular complexity index is 1150. The van der Waals surface area contributed by atoms with Crippen molar-refractivity contribution in [3.8, 4) is 0 Å². The molecule has 2 saturated heterocycles. The number of halogens is 3. The minimum atomic E-state index is -4.64. The van der Waals surface area contributed by atoms with Crippen molar-refractivity contribution >= 4 is 32.9 Å². The Morgan fingerprint density at radius 1 is 0.967 bits per heavy atom. The molecule has 0 radical (unpaired) electrons. The van der Waals surface area contributed by atoms with Gasteiger partial charge in [-0.15, -0.1) is 0 Å². The summed E-state index contributed by atoms with van der Waals surface area (Å²) in [7, 11) is -3.57. The number of hydrogen-bond acceptors (Lipinski definition) is 5. The highest BCUT2D eigenvalue weighted by Crippen LogP contribution is 2.40. The number of hydrogen-bond donors (Lipinski definition) is 0. The number of alkyl halides is 3. The summed E-state index contributed by atoms with van der Waals surface area (Å²) in [4.78, 5) is 25.8. The van der Waals surface area contributed by atoms with E-state index < -0.39 is 50.4 Å². The molecule has 12 heteroatoms. The topological polar surface area (TPSA) is 101 Å². The Hall–Kier alpha value is -3.15. The third-order valence-corrected chi connectivity index (χ3v) is 6.84. The van der Waals surface area contributed by atoms with Crippen LogP contribution < -0.4 is 9.80 Å². The van der Waals surface area contributed by atoms with Gasteiger partial charge in [0.05, 0.1) is 39.8 Å². The molecule has 2 fully saturated rings. The van der Waals surface area contributed by atoms with Gasteiger partial charge in [0.2, 0.25) is 0 Å². The number of sulfone groups is 1. The number of nitro benzene ring substituents is 1. The van der Waals surface area contributed by atoms with Crippen molar-refractivity contribution in [2.45, 2.75) is 18.3 Å². The second-order valence-electron chi connectivity index (χ2n) is 7.06. The van der Waals surface area contributed by atoms with E-state index >= 15 is 0 Å². The molecule has 2 atom stereocenters. The highest BCUT2D eigenvalue weighted by atomic mass is 32.2. The fourth-order valence-electron chi connectivity index (χ4n) is 3.90. The molecule has 0 N–H and O–H groups in total. The lowest BCUT2D eigenvalue weighted by Gasteiger charge is -2.23. The standard InChI is InChI=1S/C18H14F3N3O5S/c19-18(20,21)11-3-1-4-12(7-11)22-15-9-30(28,29)10-16(15)23(17(22)25)13-5-2-6-14(8-13)24(26)27/h1-8,15-16H,9-10H2/t15-,16-/m1/s1. The summed E-state index contributed by atoms with van der Waals surface area (Å²) in [5.41, 5.74) is -1.25. The molecule has 2 aromatic rings. The Balaban J connectivity index is 1.81. The Morgan fingerprint density at radius 3 is 2.03 bits per heavy atom. The SMILES string of the molecule is O=C1N(c2cccc([N+](=O)[O-])c2)[C@@H]2CS(=O)(=O)C[C@H]2N1c1cccc(C(F)(F)F)c1. The number of rotatable bonds is 3. The monoisotopic (exact) mass is 441 g/mol. The van der Waals surface area contributed by atoms with Gasteiger partial charge in [0.25, 0.3) is 5.69 Å². The fourth-order valence-corrected chi connectivity index (χ4v) is 5.82. The molecule has 0 spiro atoms. The van der Waals surface area contributed by atoms with Gasteiger partial charge in [0, 0.05) is 17.8 Å². The first-order valence-electron chi connectivity index (χ1n) is 8.72. The normalized spacial score (nSPS) is 23.0. The summed E-state index contributed by atoms with van der Waals surface area (Å²) in [6, 6.07) is 6.68. The van der Waals surface area contributed by atoms with Crippen LogP contribution in [0.4, 0.5) is 35.0 Å². The number of nitrogens with zero attached hydrogens (tertiary/aromatic N) is 3. The molecule has 0 unspecified atom stereocenters. The lowest BCUT2D eigenvalue weighted by Crippen LogP contribution is -2.38. The molecular weight excluding hydrogens is 427 g/mol. The minimum Gasteiger partial charge on any atom is -0.288 e. The minimum absolute atomic E-state index is 0.0881. The van der Waals surface area contributed by atoms with Crippen LogP contribution in [0, 0.1) is 10.1 Å². The maximum Gasteiger partial charge on any atom is 0.416 e. The van der Waals surface area contributed by atoms with Crippen LogP contribution in [0.1, 0.15) is 5.56 Å². The first-order chi connectivity index (χ1) is 14.0. The van der Waals surface area contributed by atoms with Gasteiger partial charge in [0.15, 0.2) is 9.84 Å². The maximum atomic E-state index is 13.2.